The minimum Gasteiger partial charge on any atom is -0.381 e. The molecule has 3 aliphatic rings. The molecule has 3 rings (SSSR count). The van der Waals surface area contributed by atoms with Gasteiger partial charge in [-0.15, -0.1) is 0 Å². The molecular formula is C15H28N2O. The fourth-order valence-corrected chi connectivity index (χ4v) is 3.25. The Bertz CT molecular complexity index is 268. The first-order chi connectivity index (χ1) is 8.81. The van der Waals surface area contributed by atoms with Crippen molar-refractivity contribution in [3.8, 4) is 0 Å². The molecule has 0 radical (unpaired) electrons. The Morgan fingerprint density at radius 2 is 2.11 bits per heavy atom. The summed E-state index contributed by atoms with van der Waals surface area (Å²) in [5, 5.41) is 3.75. The number of nitrogens with zero attached hydrogens (tertiary/aromatic N) is 1. The summed E-state index contributed by atoms with van der Waals surface area (Å²) in [4.78, 5) is 2.70. The van der Waals surface area contributed by atoms with Crippen LogP contribution >= 0.6 is 0 Å². The highest BCUT2D eigenvalue weighted by Gasteiger charge is 2.39. The molecule has 0 spiro atoms. The quantitative estimate of drug-likeness (QED) is 0.750. The maximum absolute atomic E-state index is 5.82. The second-order valence-electron chi connectivity index (χ2n) is 6.61. The fourth-order valence-electron chi connectivity index (χ4n) is 3.25. The first kappa shape index (κ1) is 12.9. The lowest BCUT2D eigenvalue weighted by atomic mass is 9.81. The van der Waals surface area contributed by atoms with Crippen LogP contribution in [0.5, 0.6) is 0 Å². The minimum atomic E-state index is 0.388. The molecule has 3 fully saturated rings. The molecule has 18 heavy (non-hydrogen) atoms. The molecule has 1 unspecified atom stereocenters. The second kappa shape index (κ2) is 5.48. The molecule has 2 saturated carbocycles. The molecule has 0 amide bonds. The van der Waals surface area contributed by atoms with E-state index in [1.165, 1.54) is 58.2 Å². The summed E-state index contributed by atoms with van der Waals surface area (Å²) < 4.78 is 5.82. The van der Waals surface area contributed by atoms with Gasteiger partial charge in [0.1, 0.15) is 0 Å². The molecule has 1 heterocycles. The smallest absolute Gasteiger partial charge is 0.0546 e. The van der Waals surface area contributed by atoms with Crippen LogP contribution in [-0.4, -0.2) is 49.8 Å². The zero-order chi connectivity index (χ0) is 12.4. The van der Waals surface area contributed by atoms with Gasteiger partial charge in [-0.3, -0.25) is 4.90 Å². The van der Waals surface area contributed by atoms with Crippen molar-refractivity contribution >= 4 is 0 Å². The van der Waals surface area contributed by atoms with Gasteiger partial charge in [-0.2, -0.15) is 0 Å². The molecule has 0 bridgehead atoms. The molecule has 1 aliphatic heterocycles. The summed E-state index contributed by atoms with van der Waals surface area (Å²) in [5.74, 6) is 0. The Balaban J connectivity index is 1.58. The zero-order valence-electron chi connectivity index (χ0n) is 11.8. The number of rotatable bonds is 7. The summed E-state index contributed by atoms with van der Waals surface area (Å²) in [7, 11) is 0. The predicted octanol–water partition coefficient (Wildman–Crippen LogP) is 2.02. The average Bonchev–Trinajstić information content (AvgIpc) is 3.29. The van der Waals surface area contributed by atoms with Crippen molar-refractivity contribution in [1.82, 2.24) is 10.2 Å². The molecule has 3 heteroatoms. The number of ether oxygens (including phenoxy) is 1. The molecule has 1 atom stereocenters. The third-order valence-electron chi connectivity index (χ3n) is 4.76. The first-order valence-corrected chi connectivity index (χ1v) is 7.86. The molecule has 0 aromatic heterocycles. The largest absolute Gasteiger partial charge is 0.381 e. The Hall–Kier alpha value is -0.120. The lowest BCUT2D eigenvalue weighted by Gasteiger charge is -2.41. The van der Waals surface area contributed by atoms with Crippen molar-refractivity contribution in [3.63, 3.8) is 0 Å². The lowest BCUT2D eigenvalue weighted by molar-refractivity contribution is -0.0270. The van der Waals surface area contributed by atoms with Crippen molar-refractivity contribution in [2.75, 3.05) is 32.8 Å². The van der Waals surface area contributed by atoms with E-state index in [4.69, 9.17) is 4.74 Å². The molecule has 2 aliphatic carbocycles. The lowest BCUT2D eigenvalue weighted by Crippen LogP contribution is -2.50. The van der Waals surface area contributed by atoms with Gasteiger partial charge in [0.2, 0.25) is 0 Å². The average molecular weight is 252 g/mol. The summed E-state index contributed by atoms with van der Waals surface area (Å²) in [6, 6.07) is 1.70. The van der Waals surface area contributed by atoms with Gasteiger partial charge in [0.25, 0.3) is 0 Å². The minimum absolute atomic E-state index is 0.388. The summed E-state index contributed by atoms with van der Waals surface area (Å²) in [6.45, 7) is 7.87. The van der Waals surface area contributed by atoms with Crippen LogP contribution < -0.4 is 5.32 Å². The van der Waals surface area contributed by atoms with E-state index in [0.29, 0.717) is 5.41 Å². The van der Waals surface area contributed by atoms with E-state index in [9.17, 15) is 0 Å². The Labute approximate surface area is 111 Å². The van der Waals surface area contributed by atoms with Gasteiger partial charge in [-0.05, 0) is 45.1 Å². The van der Waals surface area contributed by atoms with Crippen LogP contribution in [-0.2, 0) is 4.74 Å². The van der Waals surface area contributed by atoms with E-state index in [0.717, 1.165) is 25.3 Å². The van der Waals surface area contributed by atoms with Crippen molar-refractivity contribution in [1.29, 1.82) is 0 Å². The van der Waals surface area contributed by atoms with Crippen LogP contribution in [0.15, 0.2) is 0 Å². The van der Waals surface area contributed by atoms with Crippen molar-refractivity contribution in [2.45, 2.75) is 57.5 Å². The molecule has 3 nitrogen and oxygen atoms in total. The molecular weight excluding hydrogens is 224 g/mol. The number of hydrogen-bond acceptors (Lipinski definition) is 3. The predicted molar refractivity (Wildman–Crippen MR) is 73.8 cm³/mol. The maximum atomic E-state index is 5.82. The van der Waals surface area contributed by atoms with Gasteiger partial charge >= 0.3 is 0 Å². The van der Waals surface area contributed by atoms with E-state index in [2.05, 4.69) is 17.1 Å². The first-order valence-electron chi connectivity index (χ1n) is 7.86. The second-order valence-corrected chi connectivity index (χ2v) is 6.61. The summed E-state index contributed by atoms with van der Waals surface area (Å²) in [6.07, 6.45) is 8.19. The topological polar surface area (TPSA) is 24.5 Å². The molecule has 0 aromatic carbocycles. The van der Waals surface area contributed by atoms with Crippen molar-refractivity contribution in [3.05, 3.63) is 0 Å². The van der Waals surface area contributed by atoms with Crippen LogP contribution in [0.3, 0.4) is 0 Å². The van der Waals surface area contributed by atoms with Crippen molar-refractivity contribution in [2.24, 2.45) is 5.41 Å². The third kappa shape index (κ3) is 3.25. The molecule has 1 N–H and O–H groups in total. The highest BCUT2D eigenvalue weighted by atomic mass is 16.5. The van der Waals surface area contributed by atoms with E-state index < -0.39 is 0 Å². The van der Waals surface area contributed by atoms with Crippen LogP contribution in [0, 0.1) is 5.41 Å². The normalized spacial score (nSPS) is 33.0. The maximum Gasteiger partial charge on any atom is 0.0546 e. The molecule has 1 saturated heterocycles. The van der Waals surface area contributed by atoms with Gasteiger partial charge in [-0.25, -0.2) is 0 Å². The Morgan fingerprint density at radius 3 is 2.67 bits per heavy atom. The van der Waals surface area contributed by atoms with E-state index in [-0.39, 0.29) is 0 Å². The van der Waals surface area contributed by atoms with Crippen molar-refractivity contribution < 1.29 is 4.74 Å². The van der Waals surface area contributed by atoms with Crippen LogP contribution in [0.4, 0.5) is 0 Å². The Kier molecular flexibility index (Phi) is 3.92. The van der Waals surface area contributed by atoms with Crippen LogP contribution in [0.25, 0.3) is 0 Å². The zero-order valence-corrected chi connectivity index (χ0v) is 11.8. The van der Waals surface area contributed by atoms with Gasteiger partial charge in [-0.1, -0.05) is 6.92 Å². The summed E-state index contributed by atoms with van der Waals surface area (Å²) in [5.41, 5.74) is 0.388. The van der Waals surface area contributed by atoms with Gasteiger partial charge in [0.05, 0.1) is 6.61 Å². The third-order valence-corrected chi connectivity index (χ3v) is 4.76. The van der Waals surface area contributed by atoms with Crippen LogP contribution in [0.1, 0.15) is 45.4 Å². The van der Waals surface area contributed by atoms with Gasteiger partial charge in [0.15, 0.2) is 0 Å². The van der Waals surface area contributed by atoms with E-state index >= 15 is 0 Å². The van der Waals surface area contributed by atoms with Gasteiger partial charge < -0.3 is 10.1 Å². The van der Waals surface area contributed by atoms with E-state index in [1.807, 2.05) is 0 Å². The monoisotopic (exact) mass is 252 g/mol. The highest BCUT2D eigenvalue weighted by molar-refractivity contribution is 4.94. The highest BCUT2D eigenvalue weighted by Crippen LogP contribution is 2.35. The Morgan fingerprint density at radius 1 is 1.28 bits per heavy atom. The standard InChI is InChI=1S/C15H28N2O/c1-2-17(14-6-7-14)11-15(8-3-9-18-12-15)10-16-13-4-5-13/h13-14,16H,2-12H2,1H3. The summed E-state index contributed by atoms with van der Waals surface area (Å²) >= 11 is 0. The fraction of sp³-hybridized carbons (Fsp3) is 1.00. The molecule has 0 aromatic rings. The number of hydrogen-bond donors (Lipinski definition) is 1. The van der Waals surface area contributed by atoms with E-state index in [1.54, 1.807) is 0 Å². The number of nitrogens with one attached hydrogen (secondary N) is 1. The van der Waals surface area contributed by atoms with Crippen LogP contribution in [0.2, 0.25) is 0 Å². The SMILES string of the molecule is CCN(CC1(CNC2CC2)CCCOC1)C1CC1. The van der Waals surface area contributed by atoms with Gasteiger partial charge in [0, 0.05) is 37.2 Å². The molecule has 104 valence electrons.